The van der Waals surface area contributed by atoms with Gasteiger partial charge in [0.2, 0.25) is 5.78 Å². The summed E-state index contributed by atoms with van der Waals surface area (Å²) in [6, 6.07) is 3.36. The molecule has 0 bridgehead atoms. The maximum Gasteiger partial charge on any atom is 0.223 e. The van der Waals surface area contributed by atoms with Gasteiger partial charge in [0.25, 0.3) is 0 Å². The molecule has 4 heteroatoms. The second kappa shape index (κ2) is 5.09. The number of rotatable bonds is 5. The van der Waals surface area contributed by atoms with Crippen LogP contribution in [0, 0.1) is 5.92 Å². The first kappa shape index (κ1) is 10.4. The number of nitrogens with one attached hydrogen (secondary N) is 1. The third-order valence-corrected chi connectivity index (χ3v) is 2.55. The van der Waals surface area contributed by atoms with Crippen LogP contribution < -0.4 is 5.32 Å². The molecule has 4 nitrogen and oxygen atoms in total. The van der Waals surface area contributed by atoms with E-state index in [1.54, 1.807) is 12.1 Å². The molecule has 1 aliphatic heterocycles. The van der Waals surface area contributed by atoms with Crippen molar-refractivity contribution in [1.29, 1.82) is 0 Å². The summed E-state index contributed by atoms with van der Waals surface area (Å²) in [5.74, 6) is 0.833. The normalized spacial score (nSPS) is 20.7. The van der Waals surface area contributed by atoms with E-state index in [4.69, 9.17) is 9.15 Å². The number of carbonyl (C=O) groups excluding carboxylic acids is 1. The number of ether oxygens (including phenoxy) is 1. The van der Waals surface area contributed by atoms with Crippen LogP contribution in [-0.4, -0.2) is 32.1 Å². The van der Waals surface area contributed by atoms with Crippen molar-refractivity contribution in [3.8, 4) is 0 Å². The lowest BCUT2D eigenvalue weighted by Crippen LogP contribution is -2.17. The van der Waals surface area contributed by atoms with Gasteiger partial charge in [-0.15, -0.1) is 0 Å². The van der Waals surface area contributed by atoms with Crippen LogP contribution in [-0.2, 0) is 4.74 Å². The molecule has 2 rings (SSSR count). The third-order valence-electron chi connectivity index (χ3n) is 2.55. The molecule has 15 heavy (non-hydrogen) atoms. The van der Waals surface area contributed by atoms with Crippen LogP contribution >= 0.6 is 0 Å². The Kier molecular flexibility index (Phi) is 3.53. The van der Waals surface area contributed by atoms with Crippen molar-refractivity contribution >= 4 is 5.78 Å². The molecule has 0 radical (unpaired) electrons. The van der Waals surface area contributed by atoms with Gasteiger partial charge in [-0.2, -0.15) is 0 Å². The number of hydrogen-bond acceptors (Lipinski definition) is 4. The maximum absolute atomic E-state index is 11.4. The lowest BCUT2D eigenvalue weighted by molar-refractivity contribution is 0.0667. The van der Waals surface area contributed by atoms with Gasteiger partial charge in [0, 0.05) is 6.54 Å². The fourth-order valence-electron chi connectivity index (χ4n) is 1.68. The Morgan fingerprint density at radius 1 is 1.67 bits per heavy atom. The molecule has 1 aliphatic rings. The highest BCUT2D eigenvalue weighted by Gasteiger charge is 2.15. The van der Waals surface area contributed by atoms with Crippen molar-refractivity contribution in [2.24, 2.45) is 5.92 Å². The minimum Gasteiger partial charge on any atom is -0.461 e. The van der Waals surface area contributed by atoms with Crippen molar-refractivity contribution < 1.29 is 13.9 Å². The quantitative estimate of drug-likeness (QED) is 0.737. The summed E-state index contributed by atoms with van der Waals surface area (Å²) in [6.07, 6.45) is 2.63. The van der Waals surface area contributed by atoms with Crippen LogP contribution in [0.15, 0.2) is 22.8 Å². The van der Waals surface area contributed by atoms with E-state index in [1.807, 2.05) is 0 Å². The SMILES string of the molecule is O=C(COCC1CCNC1)c1ccco1. The Hall–Kier alpha value is -1.13. The number of ketones is 1. The van der Waals surface area contributed by atoms with Crippen LogP contribution in [0.3, 0.4) is 0 Å². The summed E-state index contributed by atoms with van der Waals surface area (Å²) in [5.41, 5.74) is 0. The first-order valence-electron chi connectivity index (χ1n) is 5.21. The Morgan fingerprint density at radius 2 is 2.60 bits per heavy atom. The Bertz CT molecular complexity index is 302. The summed E-state index contributed by atoms with van der Waals surface area (Å²) in [5, 5.41) is 3.25. The van der Waals surface area contributed by atoms with Crippen LogP contribution in [0.25, 0.3) is 0 Å². The Morgan fingerprint density at radius 3 is 3.27 bits per heavy atom. The summed E-state index contributed by atoms with van der Waals surface area (Å²) in [7, 11) is 0. The van der Waals surface area contributed by atoms with E-state index in [-0.39, 0.29) is 12.4 Å². The van der Waals surface area contributed by atoms with E-state index < -0.39 is 0 Å². The molecule has 1 saturated heterocycles. The molecule has 1 aromatic rings. The van der Waals surface area contributed by atoms with E-state index in [0.29, 0.717) is 18.3 Å². The third kappa shape index (κ3) is 2.91. The molecule has 0 saturated carbocycles. The second-order valence-electron chi connectivity index (χ2n) is 3.77. The van der Waals surface area contributed by atoms with Crippen LogP contribution in [0.2, 0.25) is 0 Å². The largest absolute Gasteiger partial charge is 0.461 e. The highest BCUT2D eigenvalue weighted by Crippen LogP contribution is 2.08. The molecule has 1 aromatic heterocycles. The molecule has 0 amide bonds. The highest BCUT2D eigenvalue weighted by molar-refractivity contribution is 5.94. The van der Waals surface area contributed by atoms with E-state index in [1.165, 1.54) is 6.26 Å². The first-order chi connectivity index (χ1) is 7.36. The first-order valence-corrected chi connectivity index (χ1v) is 5.21. The van der Waals surface area contributed by atoms with Crippen LogP contribution in [0.5, 0.6) is 0 Å². The van der Waals surface area contributed by atoms with Crippen molar-refractivity contribution in [2.75, 3.05) is 26.3 Å². The minimum absolute atomic E-state index is 0.0917. The van der Waals surface area contributed by atoms with Crippen molar-refractivity contribution in [2.45, 2.75) is 6.42 Å². The zero-order valence-electron chi connectivity index (χ0n) is 8.57. The Balaban J connectivity index is 1.67. The molecule has 1 atom stereocenters. The van der Waals surface area contributed by atoms with Crippen molar-refractivity contribution in [3.63, 3.8) is 0 Å². The van der Waals surface area contributed by atoms with Crippen LogP contribution in [0.4, 0.5) is 0 Å². The zero-order chi connectivity index (χ0) is 10.5. The van der Waals surface area contributed by atoms with Crippen molar-refractivity contribution in [1.82, 2.24) is 5.32 Å². The van der Waals surface area contributed by atoms with Crippen LogP contribution in [0.1, 0.15) is 17.0 Å². The van der Waals surface area contributed by atoms with E-state index in [0.717, 1.165) is 19.5 Å². The molecule has 1 unspecified atom stereocenters. The van der Waals surface area contributed by atoms with E-state index in [2.05, 4.69) is 5.32 Å². The molecule has 1 N–H and O–H groups in total. The average Bonchev–Trinajstić information content (AvgIpc) is 2.90. The van der Waals surface area contributed by atoms with Gasteiger partial charge in [-0.25, -0.2) is 0 Å². The highest BCUT2D eigenvalue weighted by atomic mass is 16.5. The topological polar surface area (TPSA) is 51.5 Å². The predicted octanol–water partition coefficient (Wildman–Crippen LogP) is 1.09. The van der Waals surface area contributed by atoms with Gasteiger partial charge in [-0.3, -0.25) is 4.79 Å². The standard InChI is InChI=1S/C11H15NO3/c13-10(11-2-1-5-15-11)8-14-7-9-3-4-12-6-9/h1-2,5,9,12H,3-4,6-8H2. The van der Waals surface area contributed by atoms with Gasteiger partial charge in [0.15, 0.2) is 5.76 Å². The van der Waals surface area contributed by atoms with E-state index in [9.17, 15) is 4.79 Å². The fraction of sp³-hybridized carbons (Fsp3) is 0.545. The minimum atomic E-state index is -0.0917. The zero-order valence-corrected chi connectivity index (χ0v) is 8.57. The monoisotopic (exact) mass is 209 g/mol. The van der Waals surface area contributed by atoms with Gasteiger partial charge in [-0.1, -0.05) is 0 Å². The molecular formula is C11H15NO3. The van der Waals surface area contributed by atoms with Gasteiger partial charge >= 0.3 is 0 Å². The molecule has 0 aliphatic carbocycles. The number of hydrogen-bond donors (Lipinski definition) is 1. The maximum atomic E-state index is 11.4. The summed E-state index contributed by atoms with van der Waals surface area (Å²) >= 11 is 0. The molecule has 0 aromatic carbocycles. The fourth-order valence-corrected chi connectivity index (χ4v) is 1.68. The lowest BCUT2D eigenvalue weighted by atomic mass is 10.1. The lowest BCUT2D eigenvalue weighted by Gasteiger charge is -2.07. The summed E-state index contributed by atoms with van der Waals surface area (Å²) < 4.78 is 10.3. The Labute approximate surface area is 88.6 Å². The van der Waals surface area contributed by atoms with Crippen molar-refractivity contribution in [3.05, 3.63) is 24.2 Å². The smallest absolute Gasteiger partial charge is 0.223 e. The predicted molar refractivity (Wildman–Crippen MR) is 54.8 cm³/mol. The number of furan rings is 1. The van der Waals surface area contributed by atoms with Gasteiger partial charge in [0.05, 0.1) is 12.9 Å². The number of carbonyl (C=O) groups is 1. The van der Waals surface area contributed by atoms with E-state index >= 15 is 0 Å². The molecule has 0 spiro atoms. The molecule has 1 fully saturated rings. The number of Topliss-reactive ketones (excluding diaryl/α,β-unsaturated/α-hetero) is 1. The average molecular weight is 209 g/mol. The molecule has 2 heterocycles. The summed E-state index contributed by atoms with van der Waals surface area (Å²) in [6.45, 7) is 2.82. The summed E-state index contributed by atoms with van der Waals surface area (Å²) in [4.78, 5) is 11.4. The molecule has 82 valence electrons. The van der Waals surface area contributed by atoms with Gasteiger partial charge < -0.3 is 14.5 Å². The van der Waals surface area contributed by atoms with Gasteiger partial charge in [-0.05, 0) is 31.0 Å². The molecular weight excluding hydrogens is 194 g/mol. The second-order valence-corrected chi connectivity index (χ2v) is 3.77. The van der Waals surface area contributed by atoms with Gasteiger partial charge in [0.1, 0.15) is 6.61 Å².